The molecule has 0 fully saturated rings. The molecule has 221 valence electrons. The molecule has 0 saturated carbocycles. The van der Waals surface area contributed by atoms with Gasteiger partial charge in [0, 0.05) is 62.3 Å². The number of nitrogens with zero attached hydrogens (tertiary/aromatic N) is 6. The molecule has 1 aromatic carbocycles. The van der Waals surface area contributed by atoms with Gasteiger partial charge < -0.3 is 24.1 Å². The number of methoxy groups -OCH3 is 1. The molecule has 1 atom stereocenters. The smallest absolute Gasteiger partial charge is 0.329 e. The van der Waals surface area contributed by atoms with Gasteiger partial charge in [0.2, 0.25) is 5.95 Å². The minimum Gasteiger partial charge on any atom is -0.416 e. The number of carbonyl (C=O) groups excluding carboxylic acids is 1. The Morgan fingerprint density at radius 1 is 1.31 bits per heavy atom. The monoisotopic (exact) mass is 606 g/mol. The predicted molar refractivity (Wildman–Crippen MR) is 170 cm³/mol. The van der Waals surface area contributed by atoms with Crippen LogP contribution in [0.15, 0.2) is 30.5 Å². The van der Waals surface area contributed by atoms with Crippen molar-refractivity contribution in [3.63, 3.8) is 0 Å². The molecule has 42 heavy (non-hydrogen) atoms. The third-order valence-corrected chi connectivity index (χ3v) is 12.8. The largest absolute Gasteiger partial charge is 0.416 e. The number of anilines is 3. The van der Waals surface area contributed by atoms with Gasteiger partial charge in [0.05, 0.1) is 11.3 Å². The van der Waals surface area contributed by atoms with E-state index in [-0.39, 0.29) is 5.04 Å². The van der Waals surface area contributed by atoms with Crippen LogP contribution in [-0.4, -0.2) is 68.5 Å². The lowest BCUT2D eigenvalue weighted by Crippen LogP contribution is -2.46. The van der Waals surface area contributed by atoms with E-state index in [9.17, 15) is 10.1 Å². The van der Waals surface area contributed by atoms with Crippen LogP contribution < -0.4 is 10.1 Å². The quantitative estimate of drug-likeness (QED) is 0.161. The number of hydrogen-bond acceptors (Lipinski definition) is 9. The Labute approximate surface area is 254 Å². The van der Waals surface area contributed by atoms with Crippen LogP contribution in [0, 0.1) is 11.3 Å². The first-order chi connectivity index (χ1) is 19.8. The molecule has 0 spiro atoms. The zero-order chi connectivity index (χ0) is 30.7. The maximum atomic E-state index is 11.6. The summed E-state index contributed by atoms with van der Waals surface area (Å²) in [6.45, 7) is 15.4. The van der Waals surface area contributed by atoms with Crippen molar-refractivity contribution in [1.82, 2.24) is 19.7 Å². The normalized spacial score (nSPS) is 16.7. The molecular formula is C29H38BClN7O3Si. The second-order valence-electron chi connectivity index (χ2n) is 12.4. The number of halogens is 1. The van der Waals surface area contributed by atoms with E-state index in [1.165, 1.54) is 7.41 Å². The maximum Gasteiger partial charge on any atom is 0.329 e. The summed E-state index contributed by atoms with van der Waals surface area (Å²) in [6, 6.07) is 9.74. The third-order valence-electron chi connectivity index (χ3n) is 8.15. The van der Waals surface area contributed by atoms with Crippen LogP contribution in [0.5, 0.6) is 0 Å². The van der Waals surface area contributed by atoms with Crippen molar-refractivity contribution in [2.24, 2.45) is 0 Å². The number of ether oxygens (including phenoxy) is 1. The highest BCUT2D eigenvalue weighted by Crippen LogP contribution is 2.46. The summed E-state index contributed by atoms with van der Waals surface area (Å²) in [6.07, 6.45) is 3.20. The van der Waals surface area contributed by atoms with Crippen molar-refractivity contribution in [3.8, 4) is 17.3 Å². The van der Waals surface area contributed by atoms with Gasteiger partial charge in [-0.2, -0.15) is 10.4 Å². The molecular weight excluding hydrogens is 569 g/mol. The second kappa shape index (κ2) is 12.6. The van der Waals surface area contributed by atoms with Crippen LogP contribution in [0.3, 0.4) is 0 Å². The average Bonchev–Trinajstić information content (AvgIpc) is 3.43. The first kappa shape index (κ1) is 31.7. The molecule has 1 N–H and O–H groups in total. The lowest BCUT2D eigenvalue weighted by molar-refractivity contribution is 0.189. The highest BCUT2D eigenvalue weighted by atomic mass is 35.5. The van der Waals surface area contributed by atoms with E-state index in [2.05, 4.69) is 68.3 Å². The fourth-order valence-corrected chi connectivity index (χ4v) is 6.07. The van der Waals surface area contributed by atoms with E-state index < -0.39 is 13.7 Å². The van der Waals surface area contributed by atoms with Crippen molar-refractivity contribution in [3.05, 3.63) is 46.7 Å². The third kappa shape index (κ3) is 6.70. The minimum atomic E-state index is -2.05. The summed E-state index contributed by atoms with van der Waals surface area (Å²) in [7, 11) is 1.10. The number of hydrogen-bond donors (Lipinski definition) is 1. The summed E-state index contributed by atoms with van der Waals surface area (Å²) in [5.41, 5.74) is 3.11. The fraction of sp³-hybridized carbons (Fsp3) is 0.483. The number of carbonyl (C=O) groups is 1. The van der Waals surface area contributed by atoms with Crippen LogP contribution in [-0.2, 0) is 25.9 Å². The van der Waals surface area contributed by atoms with Gasteiger partial charge >= 0.3 is 7.41 Å². The number of rotatable bonds is 12. The highest BCUT2D eigenvalue weighted by molar-refractivity contribution is 6.74. The Morgan fingerprint density at radius 3 is 2.74 bits per heavy atom. The summed E-state index contributed by atoms with van der Waals surface area (Å²) in [5.74, 6) is 1.03. The fourth-order valence-electron chi connectivity index (χ4n) is 4.77. The first-order valence-corrected chi connectivity index (χ1v) is 17.2. The first-order valence-electron chi connectivity index (χ1n) is 13.9. The van der Waals surface area contributed by atoms with Gasteiger partial charge in [-0.15, -0.1) is 0 Å². The number of aryl methyl sites for hydroxylation is 1. The number of nitriles is 1. The predicted octanol–water partition coefficient (Wildman–Crippen LogP) is 5.55. The lowest BCUT2D eigenvalue weighted by Gasteiger charge is -2.39. The number of benzene rings is 1. The summed E-state index contributed by atoms with van der Waals surface area (Å²) >= 11 is 6.19. The van der Waals surface area contributed by atoms with Crippen molar-refractivity contribution < 1.29 is 14.0 Å². The standard InChI is InChI=1S/C29H38BClN7O3Si/c1-28(2,3)42(6,7)41-18-29(4)17-37(30-19-39)26-21(16-32)13-20(14-22(26)29)23-9-10-33-27(34-23)35-25-15-24(31)36-38(25)11-8-12-40-5/h9-10,13-15,19H,8,11-12,17-18H2,1-7H3,(H,33,34,35)/t29-/m1/s1. The zero-order valence-corrected chi connectivity index (χ0v) is 27.1. The van der Waals surface area contributed by atoms with Crippen LogP contribution in [0.1, 0.15) is 45.2 Å². The minimum absolute atomic E-state index is 0.0484. The Kier molecular flexibility index (Phi) is 9.47. The molecule has 0 amide bonds. The van der Waals surface area contributed by atoms with Crippen molar-refractivity contribution in [2.45, 2.75) is 64.2 Å². The molecule has 4 rings (SSSR count). The Morgan fingerprint density at radius 2 is 2.07 bits per heavy atom. The number of fused-ring (bicyclic) bond motifs is 1. The van der Waals surface area contributed by atoms with E-state index in [0.717, 1.165) is 29.4 Å². The molecule has 0 unspecified atom stereocenters. The van der Waals surface area contributed by atoms with Gasteiger partial charge in [0.25, 0.3) is 0 Å². The molecule has 1 aliphatic heterocycles. The Bertz CT molecular complexity index is 1490. The van der Waals surface area contributed by atoms with E-state index >= 15 is 0 Å². The molecule has 0 saturated heterocycles. The van der Waals surface area contributed by atoms with Crippen LogP contribution in [0.25, 0.3) is 11.3 Å². The molecule has 1 aliphatic rings. The molecule has 13 heteroatoms. The van der Waals surface area contributed by atoms with E-state index in [1.54, 1.807) is 24.1 Å². The SMILES string of the molecule is COCCCn1nc(Cl)cc1Nc1nccc(-c2cc(C#N)c3c(c2)[C@@](C)(CO[Si](C)(C)C(C)(C)C)CN3[B]C=O)n1. The molecule has 0 bridgehead atoms. The summed E-state index contributed by atoms with van der Waals surface area (Å²) in [5, 5.41) is 18.2. The molecule has 1 radical (unpaired) electrons. The molecule has 0 aliphatic carbocycles. The second-order valence-corrected chi connectivity index (χ2v) is 17.6. The van der Waals surface area contributed by atoms with Gasteiger partial charge in [-0.25, -0.2) is 14.6 Å². The van der Waals surface area contributed by atoms with E-state index in [4.69, 9.17) is 25.7 Å². The molecule has 3 aromatic rings. The summed E-state index contributed by atoms with van der Waals surface area (Å²) in [4.78, 5) is 22.6. The van der Waals surface area contributed by atoms with Gasteiger partial charge in [-0.3, -0.25) is 0 Å². The van der Waals surface area contributed by atoms with Gasteiger partial charge in [-0.05, 0) is 48.3 Å². The van der Waals surface area contributed by atoms with Crippen LogP contribution in [0.4, 0.5) is 17.5 Å². The zero-order valence-electron chi connectivity index (χ0n) is 25.4. The molecule has 3 heterocycles. The molecule has 10 nitrogen and oxygen atoms in total. The Hall–Kier alpha value is -3.24. The Balaban J connectivity index is 1.70. The van der Waals surface area contributed by atoms with Crippen molar-refractivity contribution >= 4 is 51.0 Å². The van der Waals surface area contributed by atoms with Crippen molar-refractivity contribution in [2.75, 3.05) is 37.0 Å². The number of aromatic nitrogens is 4. The van der Waals surface area contributed by atoms with Gasteiger partial charge in [0.15, 0.2) is 13.5 Å². The van der Waals surface area contributed by atoms with Gasteiger partial charge in [-0.1, -0.05) is 39.3 Å². The number of nitrogens with one attached hydrogen (secondary N) is 1. The molecule has 2 aromatic heterocycles. The van der Waals surface area contributed by atoms with E-state index in [1.807, 2.05) is 16.9 Å². The van der Waals surface area contributed by atoms with Crippen LogP contribution >= 0.6 is 11.6 Å². The van der Waals surface area contributed by atoms with E-state index in [0.29, 0.717) is 54.5 Å². The highest BCUT2D eigenvalue weighted by Gasteiger charge is 2.44. The lowest BCUT2D eigenvalue weighted by atomic mass is 9.83. The van der Waals surface area contributed by atoms with Crippen molar-refractivity contribution in [1.29, 1.82) is 5.26 Å². The van der Waals surface area contributed by atoms with Gasteiger partial charge in [0.1, 0.15) is 18.1 Å². The maximum absolute atomic E-state index is 11.6. The van der Waals surface area contributed by atoms with Crippen LogP contribution in [0.2, 0.25) is 23.3 Å². The summed E-state index contributed by atoms with van der Waals surface area (Å²) < 4.78 is 13.6. The topological polar surface area (TPSA) is 118 Å². The average molecular weight is 607 g/mol.